The van der Waals surface area contributed by atoms with Crippen LogP contribution in [0.2, 0.25) is 0 Å². The predicted molar refractivity (Wildman–Crippen MR) is 155 cm³/mol. The van der Waals surface area contributed by atoms with Crippen LogP contribution in [-0.4, -0.2) is 39.9 Å². The molecule has 0 aromatic heterocycles. The highest BCUT2D eigenvalue weighted by Crippen LogP contribution is 2.50. The molecule has 0 bridgehead atoms. The summed E-state index contributed by atoms with van der Waals surface area (Å²) in [7, 11) is 0. The fourth-order valence-corrected chi connectivity index (χ4v) is 6.21. The lowest BCUT2D eigenvalue weighted by Crippen LogP contribution is -2.57. The fourth-order valence-electron chi connectivity index (χ4n) is 6.21. The van der Waals surface area contributed by atoms with E-state index in [2.05, 4.69) is 5.32 Å². The van der Waals surface area contributed by atoms with Gasteiger partial charge in [0.2, 0.25) is 11.8 Å². The minimum Gasteiger partial charge on any atom is -0.480 e. The largest absolute Gasteiger partial charge is 0.480 e. The van der Waals surface area contributed by atoms with Crippen molar-refractivity contribution in [3.8, 4) is 11.5 Å². The monoisotopic (exact) mass is 546 g/mol. The van der Waals surface area contributed by atoms with E-state index in [4.69, 9.17) is 4.74 Å². The average Bonchev–Trinajstić information content (AvgIpc) is 3.46. The van der Waals surface area contributed by atoms with Crippen molar-refractivity contribution < 1.29 is 24.2 Å². The Morgan fingerprint density at radius 2 is 1.59 bits per heavy atom. The maximum Gasteiger partial charge on any atom is 0.325 e. The summed E-state index contributed by atoms with van der Waals surface area (Å²) in [5.74, 6) is -2.59. The number of fused-ring (bicyclic) bond motifs is 2. The number of carbonyl (C=O) groups is 3. The molecule has 0 aliphatic carbocycles. The summed E-state index contributed by atoms with van der Waals surface area (Å²) in [6.07, 6.45) is 3.56. The number of imide groups is 1. The number of amides is 2. The number of nitrogens with zero attached hydrogens (tertiary/aromatic N) is 1. The first kappa shape index (κ1) is 26.5. The average molecular weight is 547 g/mol. The Balaban J connectivity index is 1.39. The molecule has 4 unspecified atom stereocenters. The molecule has 0 saturated carbocycles. The number of para-hydroxylation sites is 1. The summed E-state index contributed by atoms with van der Waals surface area (Å²) >= 11 is 0. The second kappa shape index (κ2) is 10.7. The topological polar surface area (TPSA) is 95.9 Å². The third-order valence-electron chi connectivity index (χ3n) is 8.17. The molecule has 41 heavy (non-hydrogen) atoms. The predicted octanol–water partition coefficient (Wildman–Crippen LogP) is 5.52. The molecule has 7 heteroatoms. The number of carboxylic acids is 1. The van der Waals surface area contributed by atoms with Gasteiger partial charge >= 0.3 is 5.97 Å². The quantitative estimate of drug-likeness (QED) is 0.223. The Bertz CT molecular complexity index is 1650. The van der Waals surface area contributed by atoms with E-state index in [9.17, 15) is 19.5 Å². The van der Waals surface area contributed by atoms with E-state index in [-0.39, 0.29) is 18.9 Å². The Morgan fingerprint density at radius 1 is 0.902 bits per heavy atom. The van der Waals surface area contributed by atoms with Crippen molar-refractivity contribution in [2.75, 3.05) is 6.54 Å². The van der Waals surface area contributed by atoms with E-state index in [0.717, 1.165) is 21.9 Å². The molecule has 2 N–H and O–H groups in total. The van der Waals surface area contributed by atoms with Crippen LogP contribution in [-0.2, 0) is 20.8 Å². The second-order valence-electron chi connectivity index (χ2n) is 10.6. The molecule has 2 saturated heterocycles. The van der Waals surface area contributed by atoms with Crippen molar-refractivity contribution in [1.29, 1.82) is 0 Å². The van der Waals surface area contributed by atoms with Gasteiger partial charge in [-0.1, -0.05) is 84.9 Å². The van der Waals surface area contributed by atoms with Crippen LogP contribution in [0.4, 0.5) is 0 Å². The lowest BCUT2D eigenvalue weighted by molar-refractivity contribution is -0.151. The molecule has 6 rings (SSSR count). The molecule has 206 valence electrons. The van der Waals surface area contributed by atoms with Crippen molar-refractivity contribution in [2.24, 2.45) is 11.8 Å². The van der Waals surface area contributed by atoms with Gasteiger partial charge in [-0.3, -0.25) is 24.6 Å². The zero-order valence-corrected chi connectivity index (χ0v) is 22.6. The van der Waals surface area contributed by atoms with Crippen LogP contribution in [0.1, 0.15) is 24.1 Å². The van der Waals surface area contributed by atoms with Crippen molar-refractivity contribution >= 4 is 28.6 Å². The maximum atomic E-state index is 13.8. The Hall–Kier alpha value is -4.75. The highest BCUT2D eigenvalue weighted by Gasteiger charge is 2.68. The molecule has 2 fully saturated rings. The standard InChI is InChI=1S/C34H30N2O5/c1-2-3-19-36-31(37)28-29(32(36)38)34(33(39)40,21-22-13-14-23-9-7-8-10-25(23)20-22)35-30(28)24-15-17-27(18-16-24)41-26-11-5-4-6-12-26/h2-18,20,28-30,35H,19,21H2,1H3,(H,39,40). The van der Waals surface area contributed by atoms with Crippen molar-refractivity contribution in [1.82, 2.24) is 10.2 Å². The van der Waals surface area contributed by atoms with Gasteiger partial charge < -0.3 is 9.84 Å². The van der Waals surface area contributed by atoms with E-state index in [1.54, 1.807) is 24.3 Å². The van der Waals surface area contributed by atoms with E-state index in [1.165, 1.54) is 4.90 Å². The van der Waals surface area contributed by atoms with Gasteiger partial charge in [0, 0.05) is 19.0 Å². The Morgan fingerprint density at radius 3 is 2.29 bits per heavy atom. The normalized spacial score (nSPS) is 23.8. The van der Waals surface area contributed by atoms with Crippen LogP contribution in [0.15, 0.2) is 109 Å². The van der Waals surface area contributed by atoms with Crippen LogP contribution < -0.4 is 10.1 Å². The molecule has 0 spiro atoms. The molecule has 2 amide bonds. The molecule has 2 aliphatic heterocycles. The van der Waals surface area contributed by atoms with E-state index in [1.807, 2.05) is 91.9 Å². The van der Waals surface area contributed by atoms with Gasteiger partial charge in [0.25, 0.3) is 0 Å². The van der Waals surface area contributed by atoms with Crippen LogP contribution in [0.5, 0.6) is 11.5 Å². The summed E-state index contributed by atoms with van der Waals surface area (Å²) in [6, 6.07) is 29.6. The first-order valence-corrected chi connectivity index (χ1v) is 13.7. The number of likely N-dealkylation sites (tertiary alicyclic amines) is 1. The third kappa shape index (κ3) is 4.68. The molecule has 0 radical (unpaired) electrons. The van der Waals surface area contributed by atoms with Gasteiger partial charge in [0.15, 0.2) is 0 Å². The van der Waals surface area contributed by atoms with E-state index in [0.29, 0.717) is 11.5 Å². The number of nitrogens with one attached hydrogen (secondary N) is 1. The number of benzene rings is 4. The van der Waals surface area contributed by atoms with Gasteiger partial charge in [0.05, 0.1) is 11.8 Å². The molecule has 4 atom stereocenters. The number of ether oxygens (including phenoxy) is 1. The zero-order valence-electron chi connectivity index (χ0n) is 22.6. The zero-order chi connectivity index (χ0) is 28.6. The minimum atomic E-state index is -1.67. The molecule has 7 nitrogen and oxygen atoms in total. The summed E-state index contributed by atoms with van der Waals surface area (Å²) < 4.78 is 5.92. The van der Waals surface area contributed by atoms with Gasteiger partial charge in [0.1, 0.15) is 17.0 Å². The lowest BCUT2D eigenvalue weighted by Gasteiger charge is -2.31. The smallest absolute Gasteiger partial charge is 0.325 e. The van der Waals surface area contributed by atoms with Crippen LogP contribution in [0.3, 0.4) is 0 Å². The Labute approximate surface area is 238 Å². The lowest BCUT2D eigenvalue weighted by atomic mass is 9.76. The number of rotatable bonds is 8. The first-order chi connectivity index (χ1) is 19.9. The fraction of sp³-hybridized carbons (Fsp3) is 0.206. The van der Waals surface area contributed by atoms with Crippen LogP contribution in [0, 0.1) is 11.8 Å². The molecule has 4 aromatic rings. The number of carbonyl (C=O) groups excluding carboxylic acids is 2. The molecule has 4 aromatic carbocycles. The third-order valence-corrected chi connectivity index (χ3v) is 8.17. The van der Waals surface area contributed by atoms with Gasteiger partial charge in [-0.15, -0.1) is 0 Å². The van der Waals surface area contributed by atoms with Crippen molar-refractivity contribution in [3.63, 3.8) is 0 Å². The molecular formula is C34H30N2O5. The summed E-state index contributed by atoms with van der Waals surface area (Å²) in [5.41, 5.74) is -0.179. The maximum absolute atomic E-state index is 13.8. The van der Waals surface area contributed by atoms with Crippen molar-refractivity contribution in [3.05, 3.63) is 120 Å². The summed E-state index contributed by atoms with van der Waals surface area (Å²) in [5, 5.41) is 16.1. The van der Waals surface area contributed by atoms with Crippen LogP contribution in [0.25, 0.3) is 10.8 Å². The number of allylic oxidation sites excluding steroid dienone is 1. The van der Waals surface area contributed by atoms with Gasteiger partial charge in [-0.25, -0.2) is 0 Å². The number of carboxylic acid groups (broad SMARTS) is 1. The van der Waals surface area contributed by atoms with Gasteiger partial charge in [-0.2, -0.15) is 0 Å². The highest BCUT2D eigenvalue weighted by atomic mass is 16.5. The molecule has 2 heterocycles. The van der Waals surface area contributed by atoms with E-state index < -0.39 is 35.3 Å². The van der Waals surface area contributed by atoms with Gasteiger partial charge in [-0.05, 0) is 53.1 Å². The number of hydrogen-bond acceptors (Lipinski definition) is 5. The summed E-state index contributed by atoms with van der Waals surface area (Å²) in [6.45, 7) is 1.93. The molecular weight excluding hydrogens is 516 g/mol. The number of aliphatic carboxylic acids is 1. The number of hydrogen-bond donors (Lipinski definition) is 2. The van der Waals surface area contributed by atoms with Crippen LogP contribution >= 0.6 is 0 Å². The first-order valence-electron chi connectivity index (χ1n) is 13.7. The highest BCUT2D eigenvalue weighted by molar-refractivity contribution is 6.09. The minimum absolute atomic E-state index is 0.0521. The molecule has 2 aliphatic rings. The SMILES string of the molecule is CC=CCN1C(=O)C2C(c3ccc(Oc4ccccc4)cc3)NC(Cc3ccc4ccccc4c3)(C(=O)O)C2C1=O. The van der Waals surface area contributed by atoms with E-state index >= 15 is 0 Å². The Kier molecular flexibility index (Phi) is 6.89. The van der Waals surface area contributed by atoms with Crippen molar-refractivity contribution in [2.45, 2.75) is 24.9 Å². The second-order valence-corrected chi connectivity index (χ2v) is 10.6. The summed E-state index contributed by atoms with van der Waals surface area (Å²) in [4.78, 5) is 41.9.